The topological polar surface area (TPSA) is 9.23 Å². The van der Waals surface area contributed by atoms with Crippen LogP contribution >= 0.6 is 27.5 Å². The van der Waals surface area contributed by atoms with Crippen molar-refractivity contribution in [3.63, 3.8) is 0 Å². The van der Waals surface area contributed by atoms with Crippen LogP contribution in [0.15, 0.2) is 24.3 Å². The van der Waals surface area contributed by atoms with E-state index in [4.69, 9.17) is 16.3 Å². The average Bonchev–Trinajstić information content (AvgIpc) is 2.25. The zero-order chi connectivity index (χ0) is 11.4. The summed E-state index contributed by atoms with van der Waals surface area (Å²) >= 11 is 9.64. The van der Waals surface area contributed by atoms with Crippen molar-refractivity contribution in [2.24, 2.45) is 5.41 Å². The predicted octanol–water partition coefficient (Wildman–Crippen LogP) is 4.42. The van der Waals surface area contributed by atoms with E-state index in [1.165, 1.54) is 19.3 Å². The Balaban J connectivity index is 1.82. The molecule has 0 unspecified atom stereocenters. The molecule has 0 amide bonds. The summed E-state index contributed by atoms with van der Waals surface area (Å²) in [6.07, 6.45) is 3.89. The quantitative estimate of drug-likeness (QED) is 0.732. The summed E-state index contributed by atoms with van der Waals surface area (Å²) in [6.45, 7) is 1.46. The highest BCUT2D eigenvalue weighted by molar-refractivity contribution is 9.09. The Morgan fingerprint density at radius 1 is 1.31 bits per heavy atom. The van der Waals surface area contributed by atoms with Crippen LogP contribution in [0, 0.1) is 5.41 Å². The molecule has 1 aromatic carbocycles. The summed E-state index contributed by atoms with van der Waals surface area (Å²) in [4.78, 5) is 0. The first kappa shape index (κ1) is 12.4. The molecule has 1 aliphatic rings. The van der Waals surface area contributed by atoms with Gasteiger partial charge < -0.3 is 4.74 Å². The standard InChI is InChI=1S/C13H16BrClO/c14-9-13(6-3-7-13)10-16-8-11-4-1-2-5-12(11)15/h1-2,4-5H,3,6-10H2. The van der Waals surface area contributed by atoms with Gasteiger partial charge >= 0.3 is 0 Å². The third kappa shape index (κ3) is 2.79. The molecular formula is C13H16BrClO. The lowest BCUT2D eigenvalue weighted by Crippen LogP contribution is -2.35. The van der Waals surface area contributed by atoms with Gasteiger partial charge in [0, 0.05) is 15.8 Å². The van der Waals surface area contributed by atoms with Crippen LogP contribution in [0.3, 0.4) is 0 Å². The number of halogens is 2. The molecule has 0 atom stereocenters. The summed E-state index contributed by atoms with van der Waals surface area (Å²) in [6, 6.07) is 7.86. The lowest BCUT2D eigenvalue weighted by Gasteiger charge is -2.40. The van der Waals surface area contributed by atoms with Crippen molar-refractivity contribution in [3.05, 3.63) is 34.9 Å². The molecular weight excluding hydrogens is 287 g/mol. The highest BCUT2D eigenvalue weighted by Crippen LogP contribution is 2.42. The number of hydrogen-bond donors (Lipinski definition) is 0. The first-order chi connectivity index (χ1) is 7.76. The molecule has 1 aliphatic carbocycles. The van der Waals surface area contributed by atoms with E-state index >= 15 is 0 Å². The highest BCUT2D eigenvalue weighted by atomic mass is 79.9. The minimum Gasteiger partial charge on any atom is -0.376 e. The van der Waals surface area contributed by atoms with Gasteiger partial charge in [0.05, 0.1) is 13.2 Å². The molecule has 0 spiro atoms. The smallest absolute Gasteiger partial charge is 0.0731 e. The third-order valence-corrected chi connectivity index (χ3v) is 4.88. The third-order valence-electron chi connectivity index (χ3n) is 3.32. The Hall–Kier alpha value is -0.0500. The zero-order valence-corrected chi connectivity index (χ0v) is 11.6. The summed E-state index contributed by atoms with van der Waals surface area (Å²) in [5.41, 5.74) is 1.47. The van der Waals surface area contributed by atoms with E-state index in [2.05, 4.69) is 15.9 Å². The van der Waals surface area contributed by atoms with Crippen LogP contribution in [0.2, 0.25) is 5.02 Å². The Labute approximate surface area is 110 Å². The van der Waals surface area contributed by atoms with Crippen molar-refractivity contribution in [2.75, 3.05) is 11.9 Å². The Kier molecular flexibility index (Phi) is 4.28. The first-order valence-electron chi connectivity index (χ1n) is 5.63. The molecule has 2 rings (SSSR count). The van der Waals surface area contributed by atoms with Gasteiger partial charge in [0.15, 0.2) is 0 Å². The molecule has 0 saturated heterocycles. The van der Waals surface area contributed by atoms with E-state index in [0.717, 1.165) is 22.5 Å². The molecule has 0 bridgehead atoms. The molecule has 0 N–H and O–H groups in total. The molecule has 0 aromatic heterocycles. The maximum absolute atomic E-state index is 6.07. The molecule has 1 saturated carbocycles. The molecule has 3 heteroatoms. The Morgan fingerprint density at radius 2 is 2.06 bits per heavy atom. The number of rotatable bonds is 5. The SMILES string of the molecule is Clc1ccccc1COCC1(CBr)CCC1. The lowest BCUT2D eigenvalue weighted by atomic mass is 9.71. The minimum absolute atomic E-state index is 0.390. The highest BCUT2D eigenvalue weighted by Gasteiger charge is 2.35. The molecule has 16 heavy (non-hydrogen) atoms. The van der Waals surface area contributed by atoms with E-state index in [1.807, 2.05) is 24.3 Å². The van der Waals surface area contributed by atoms with Crippen molar-refractivity contribution in [1.29, 1.82) is 0 Å². The van der Waals surface area contributed by atoms with Gasteiger partial charge in [-0.1, -0.05) is 52.2 Å². The summed E-state index contributed by atoms with van der Waals surface area (Å²) in [7, 11) is 0. The van der Waals surface area contributed by atoms with Crippen molar-refractivity contribution < 1.29 is 4.74 Å². The van der Waals surface area contributed by atoms with Gasteiger partial charge in [-0.2, -0.15) is 0 Å². The van der Waals surface area contributed by atoms with E-state index in [0.29, 0.717) is 12.0 Å². The van der Waals surface area contributed by atoms with Crippen LogP contribution in [-0.4, -0.2) is 11.9 Å². The van der Waals surface area contributed by atoms with Crippen LogP contribution in [0.25, 0.3) is 0 Å². The van der Waals surface area contributed by atoms with Crippen molar-refractivity contribution in [3.8, 4) is 0 Å². The maximum atomic E-state index is 6.07. The van der Waals surface area contributed by atoms with Crippen LogP contribution in [0.5, 0.6) is 0 Å². The monoisotopic (exact) mass is 302 g/mol. The Bertz CT molecular complexity index is 344. The average molecular weight is 304 g/mol. The fraction of sp³-hybridized carbons (Fsp3) is 0.538. The first-order valence-corrected chi connectivity index (χ1v) is 7.13. The van der Waals surface area contributed by atoms with Gasteiger partial charge in [-0.15, -0.1) is 0 Å². The van der Waals surface area contributed by atoms with Gasteiger partial charge in [-0.05, 0) is 24.5 Å². The second-order valence-corrected chi connectivity index (χ2v) is 5.54. The normalized spacial score (nSPS) is 18.1. The molecule has 88 valence electrons. The number of hydrogen-bond acceptors (Lipinski definition) is 1. The number of benzene rings is 1. The van der Waals surface area contributed by atoms with Crippen LogP contribution in [-0.2, 0) is 11.3 Å². The second kappa shape index (κ2) is 5.52. The van der Waals surface area contributed by atoms with E-state index in [1.54, 1.807) is 0 Å². The molecule has 1 aromatic rings. The molecule has 1 nitrogen and oxygen atoms in total. The predicted molar refractivity (Wildman–Crippen MR) is 71.2 cm³/mol. The largest absolute Gasteiger partial charge is 0.376 e. The minimum atomic E-state index is 0.390. The van der Waals surface area contributed by atoms with Crippen LogP contribution < -0.4 is 0 Å². The van der Waals surface area contributed by atoms with E-state index < -0.39 is 0 Å². The Morgan fingerprint density at radius 3 is 2.62 bits per heavy atom. The van der Waals surface area contributed by atoms with Gasteiger partial charge in [0.1, 0.15) is 0 Å². The molecule has 1 fully saturated rings. The van der Waals surface area contributed by atoms with Crippen molar-refractivity contribution >= 4 is 27.5 Å². The molecule has 0 heterocycles. The fourth-order valence-corrected chi connectivity index (χ4v) is 2.90. The van der Waals surface area contributed by atoms with Gasteiger partial charge in [-0.3, -0.25) is 0 Å². The lowest BCUT2D eigenvalue weighted by molar-refractivity contribution is 0.00275. The zero-order valence-electron chi connectivity index (χ0n) is 9.22. The number of alkyl halides is 1. The summed E-state index contributed by atoms with van der Waals surface area (Å²) in [5.74, 6) is 0. The fourth-order valence-electron chi connectivity index (χ4n) is 1.99. The second-order valence-electron chi connectivity index (χ2n) is 4.57. The van der Waals surface area contributed by atoms with Gasteiger partial charge in [0.2, 0.25) is 0 Å². The van der Waals surface area contributed by atoms with Crippen LogP contribution in [0.4, 0.5) is 0 Å². The summed E-state index contributed by atoms with van der Waals surface area (Å²) < 4.78 is 5.78. The molecule has 0 aliphatic heterocycles. The molecule has 0 radical (unpaired) electrons. The maximum Gasteiger partial charge on any atom is 0.0731 e. The van der Waals surface area contributed by atoms with Crippen LogP contribution in [0.1, 0.15) is 24.8 Å². The summed E-state index contributed by atoms with van der Waals surface area (Å²) in [5, 5.41) is 1.84. The number of ether oxygens (including phenoxy) is 1. The van der Waals surface area contributed by atoms with Gasteiger partial charge in [-0.25, -0.2) is 0 Å². The van der Waals surface area contributed by atoms with E-state index in [-0.39, 0.29) is 0 Å². The van der Waals surface area contributed by atoms with Crippen molar-refractivity contribution in [1.82, 2.24) is 0 Å². The van der Waals surface area contributed by atoms with Crippen molar-refractivity contribution in [2.45, 2.75) is 25.9 Å². The van der Waals surface area contributed by atoms with Gasteiger partial charge in [0.25, 0.3) is 0 Å². The van der Waals surface area contributed by atoms with E-state index in [9.17, 15) is 0 Å².